The van der Waals surface area contributed by atoms with Gasteiger partial charge in [-0.2, -0.15) is 0 Å². The molecule has 0 bridgehead atoms. The Kier molecular flexibility index (Phi) is 10.3. The van der Waals surface area contributed by atoms with Crippen molar-refractivity contribution in [2.45, 2.75) is 45.1 Å². The highest BCUT2D eigenvalue weighted by atomic mass is 16.5. The SMILES string of the molecule is CCNC(=NCC(c1cccc(OC)c1)N1CCCC1)NCCCCC(=O)OC. The molecule has 1 unspecified atom stereocenters. The van der Waals surface area contributed by atoms with Gasteiger partial charge in [0.15, 0.2) is 5.96 Å². The van der Waals surface area contributed by atoms with E-state index in [1.54, 1.807) is 7.11 Å². The van der Waals surface area contributed by atoms with Gasteiger partial charge in [-0.25, -0.2) is 0 Å². The number of nitrogens with zero attached hydrogens (tertiary/aromatic N) is 2. The van der Waals surface area contributed by atoms with E-state index in [1.807, 2.05) is 12.1 Å². The number of ether oxygens (including phenoxy) is 2. The summed E-state index contributed by atoms with van der Waals surface area (Å²) in [5, 5.41) is 6.69. The van der Waals surface area contributed by atoms with Crippen molar-refractivity contribution >= 4 is 11.9 Å². The van der Waals surface area contributed by atoms with Crippen LogP contribution in [0, 0.1) is 0 Å². The molecule has 0 aliphatic carbocycles. The van der Waals surface area contributed by atoms with Gasteiger partial charge in [0.05, 0.1) is 26.8 Å². The van der Waals surface area contributed by atoms with Gasteiger partial charge in [0.25, 0.3) is 0 Å². The Morgan fingerprint density at radius 3 is 2.69 bits per heavy atom. The third-order valence-electron chi connectivity index (χ3n) is 5.15. The summed E-state index contributed by atoms with van der Waals surface area (Å²) < 4.78 is 10.1. The van der Waals surface area contributed by atoms with Crippen molar-refractivity contribution in [2.75, 3.05) is 46.9 Å². The number of hydrogen-bond donors (Lipinski definition) is 2. The van der Waals surface area contributed by atoms with Crippen LogP contribution in [-0.2, 0) is 9.53 Å². The maximum atomic E-state index is 11.2. The summed E-state index contributed by atoms with van der Waals surface area (Å²) >= 11 is 0. The van der Waals surface area contributed by atoms with E-state index in [0.29, 0.717) is 13.0 Å². The monoisotopic (exact) mass is 404 g/mol. The number of hydrogen-bond acceptors (Lipinski definition) is 5. The first-order valence-corrected chi connectivity index (χ1v) is 10.6. The van der Waals surface area contributed by atoms with E-state index in [-0.39, 0.29) is 12.0 Å². The van der Waals surface area contributed by atoms with Gasteiger partial charge in [-0.3, -0.25) is 14.7 Å². The Hall–Kier alpha value is -2.28. The van der Waals surface area contributed by atoms with Crippen LogP contribution in [0.15, 0.2) is 29.3 Å². The second-order valence-electron chi connectivity index (χ2n) is 7.22. The maximum Gasteiger partial charge on any atom is 0.305 e. The van der Waals surface area contributed by atoms with E-state index in [0.717, 1.165) is 50.7 Å². The molecule has 7 nitrogen and oxygen atoms in total. The lowest BCUT2D eigenvalue weighted by atomic mass is 10.1. The van der Waals surface area contributed by atoms with Crippen molar-refractivity contribution in [3.05, 3.63) is 29.8 Å². The predicted octanol–water partition coefficient (Wildman–Crippen LogP) is 2.73. The molecule has 1 aliphatic heterocycles. The zero-order valence-electron chi connectivity index (χ0n) is 18.1. The fourth-order valence-electron chi connectivity index (χ4n) is 3.56. The van der Waals surface area contributed by atoms with Gasteiger partial charge in [0.1, 0.15) is 5.75 Å². The molecule has 0 radical (unpaired) electrons. The van der Waals surface area contributed by atoms with Crippen LogP contribution in [0.3, 0.4) is 0 Å². The number of guanidine groups is 1. The molecule has 0 spiro atoms. The van der Waals surface area contributed by atoms with Crippen molar-refractivity contribution in [1.29, 1.82) is 0 Å². The van der Waals surface area contributed by atoms with Gasteiger partial charge >= 0.3 is 5.97 Å². The molecular formula is C22H36N4O3. The van der Waals surface area contributed by atoms with E-state index in [4.69, 9.17) is 9.73 Å². The molecule has 0 amide bonds. The lowest BCUT2D eigenvalue weighted by molar-refractivity contribution is -0.140. The molecule has 1 fully saturated rings. The Labute approximate surface area is 174 Å². The number of carbonyl (C=O) groups excluding carboxylic acids is 1. The molecule has 2 rings (SSSR count). The number of aliphatic imine (C=N–C) groups is 1. The van der Waals surface area contributed by atoms with E-state index < -0.39 is 0 Å². The summed E-state index contributed by atoms with van der Waals surface area (Å²) in [4.78, 5) is 18.6. The van der Waals surface area contributed by atoms with Crippen LogP contribution < -0.4 is 15.4 Å². The minimum atomic E-state index is -0.155. The third kappa shape index (κ3) is 7.93. The lowest BCUT2D eigenvalue weighted by Crippen LogP contribution is -2.39. The molecule has 1 aromatic rings. The zero-order chi connectivity index (χ0) is 20.9. The van der Waals surface area contributed by atoms with Crippen molar-refractivity contribution in [1.82, 2.24) is 15.5 Å². The summed E-state index contributed by atoms with van der Waals surface area (Å²) in [6, 6.07) is 8.54. The molecule has 1 aromatic carbocycles. The second kappa shape index (κ2) is 13.0. The molecule has 2 N–H and O–H groups in total. The van der Waals surface area contributed by atoms with E-state index in [9.17, 15) is 4.79 Å². The predicted molar refractivity (Wildman–Crippen MR) is 116 cm³/mol. The van der Waals surface area contributed by atoms with Gasteiger partial charge in [0, 0.05) is 19.5 Å². The highest BCUT2D eigenvalue weighted by molar-refractivity contribution is 5.79. The first-order valence-electron chi connectivity index (χ1n) is 10.6. The minimum Gasteiger partial charge on any atom is -0.497 e. The Morgan fingerprint density at radius 1 is 1.21 bits per heavy atom. The molecule has 29 heavy (non-hydrogen) atoms. The smallest absolute Gasteiger partial charge is 0.305 e. The number of carbonyl (C=O) groups is 1. The zero-order valence-corrected chi connectivity index (χ0v) is 18.1. The van der Waals surface area contributed by atoms with Gasteiger partial charge < -0.3 is 20.1 Å². The van der Waals surface area contributed by atoms with E-state index in [1.165, 1.54) is 25.5 Å². The molecule has 0 saturated carbocycles. The Morgan fingerprint density at radius 2 is 2.00 bits per heavy atom. The highest BCUT2D eigenvalue weighted by Crippen LogP contribution is 2.27. The van der Waals surface area contributed by atoms with Crippen LogP contribution in [0.2, 0.25) is 0 Å². The minimum absolute atomic E-state index is 0.155. The van der Waals surface area contributed by atoms with Crippen LogP contribution in [0.4, 0.5) is 0 Å². The molecule has 1 atom stereocenters. The normalized spacial score (nSPS) is 15.8. The average molecular weight is 405 g/mol. The Bertz CT molecular complexity index is 645. The number of unbranched alkanes of at least 4 members (excludes halogenated alkanes) is 1. The van der Waals surface area contributed by atoms with E-state index in [2.05, 4.69) is 39.3 Å². The maximum absolute atomic E-state index is 11.2. The van der Waals surface area contributed by atoms with Crippen molar-refractivity contribution in [3.8, 4) is 5.75 Å². The van der Waals surface area contributed by atoms with Crippen molar-refractivity contribution in [2.24, 2.45) is 4.99 Å². The van der Waals surface area contributed by atoms with Gasteiger partial charge in [0.2, 0.25) is 0 Å². The largest absolute Gasteiger partial charge is 0.497 e. The first-order chi connectivity index (χ1) is 14.2. The summed E-state index contributed by atoms with van der Waals surface area (Å²) in [6.45, 7) is 6.54. The summed E-state index contributed by atoms with van der Waals surface area (Å²) in [5.41, 5.74) is 1.24. The fraction of sp³-hybridized carbons (Fsp3) is 0.636. The summed E-state index contributed by atoms with van der Waals surface area (Å²) in [7, 11) is 3.13. The molecule has 1 aliphatic rings. The van der Waals surface area contributed by atoms with Gasteiger partial charge in [-0.15, -0.1) is 0 Å². The quantitative estimate of drug-likeness (QED) is 0.256. The number of methoxy groups -OCH3 is 2. The van der Waals surface area contributed by atoms with Crippen LogP contribution in [-0.4, -0.2) is 63.8 Å². The van der Waals surface area contributed by atoms with Gasteiger partial charge in [-0.05, 0) is 63.4 Å². The van der Waals surface area contributed by atoms with Crippen LogP contribution in [0.25, 0.3) is 0 Å². The lowest BCUT2D eigenvalue weighted by Gasteiger charge is -2.27. The molecule has 0 aromatic heterocycles. The number of rotatable bonds is 11. The molecular weight excluding hydrogens is 368 g/mol. The van der Waals surface area contributed by atoms with Crippen molar-refractivity contribution in [3.63, 3.8) is 0 Å². The third-order valence-corrected chi connectivity index (χ3v) is 5.15. The van der Waals surface area contributed by atoms with Crippen molar-refractivity contribution < 1.29 is 14.3 Å². The fourth-order valence-corrected chi connectivity index (χ4v) is 3.56. The number of benzene rings is 1. The average Bonchev–Trinajstić information content (AvgIpc) is 3.28. The molecule has 162 valence electrons. The Balaban J connectivity index is 1.98. The second-order valence-corrected chi connectivity index (χ2v) is 7.22. The number of esters is 1. The standard InChI is InChI=1S/C22H36N4O3/c1-4-23-22(24-13-6-5-12-21(27)29-3)25-17-20(26-14-7-8-15-26)18-10-9-11-19(16-18)28-2/h9-11,16,20H,4-8,12-15,17H2,1-3H3,(H2,23,24,25). The topological polar surface area (TPSA) is 75.2 Å². The van der Waals surface area contributed by atoms with Gasteiger partial charge in [-0.1, -0.05) is 12.1 Å². The summed E-state index contributed by atoms with van der Waals surface area (Å²) in [6.07, 6.45) is 4.63. The van der Waals surface area contributed by atoms with Crippen LogP contribution >= 0.6 is 0 Å². The number of nitrogens with one attached hydrogen (secondary N) is 2. The first kappa shape index (κ1) is 23.0. The highest BCUT2D eigenvalue weighted by Gasteiger charge is 2.23. The molecule has 1 heterocycles. The van der Waals surface area contributed by atoms with Crippen LogP contribution in [0.1, 0.15) is 50.6 Å². The summed E-state index contributed by atoms with van der Waals surface area (Å²) in [5.74, 6) is 1.54. The molecule has 7 heteroatoms. The van der Waals surface area contributed by atoms with Crippen LogP contribution in [0.5, 0.6) is 5.75 Å². The number of likely N-dealkylation sites (tertiary alicyclic amines) is 1. The van der Waals surface area contributed by atoms with E-state index >= 15 is 0 Å². The molecule has 1 saturated heterocycles.